The molecule has 0 radical (unpaired) electrons. The van der Waals surface area contributed by atoms with Gasteiger partial charge in [-0.2, -0.15) is 0 Å². The van der Waals surface area contributed by atoms with Crippen LogP contribution in [0.2, 0.25) is 0 Å². The minimum atomic E-state index is -1.38. The summed E-state index contributed by atoms with van der Waals surface area (Å²) in [5.41, 5.74) is -0.733. The molecule has 2 aliphatic rings. The number of carbonyl (C=O) groups excluding carboxylic acids is 1. The van der Waals surface area contributed by atoms with Crippen LogP contribution in [0.5, 0.6) is 5.75 Å². The van der Waals surface area contributed by atoms with E-state index in [0.29, 0.717) is 16.7 Å². The van der Waals surface area contributed by atoms with Gasteiger partial charge in [-0.05, 0) is 31.5 Å². The van der Waals surface area contributed by atoms with Gasteiger partial charge in [0.1, 0.15) is 16.6 Å². The van der Waals surface area contributed by atoms with Gasteiger partial charge in [-0.25, -0.2) is 0 Å². The molecule has 8 heteroatoms. The number of aromatic nitrogens is 1. The normalized spacial score (nSPS) is 26.1. The van der Waals surface area contributed by atoms with E-state index in [-0.39, 0.29) is 25.4 Å². The van der Waals surface area contributed by atoms with Gasteiger partial charge in [0.25, 0.3) is 5.91 Å². The number of carboxylic acids is 2. The van der Waals surface area contributed by atoms with Gasteiger partial charge in [0.2, 0.25) is 0 Å². The second kappa shape index (κ2) is 5.25. The number of nitrogens with zero attached hydrogens (tertiary/aromatic N) is 2. The summed E-state index contributed by atoms with van der Waals surface area (Å²) in [6.07, 6.45) is 0.0663. The summed E-state index contributed by atoms with van der Waals surface area (Å²) >= 11 is 0. The molecule has 1 saturated heterocycles. The molecule has 4 rings (SSSR count). The number of ether oxygens (including phenoxy) is 1. The van der Waals surface area contributed by atoms with Crippen LogP contribution in [-0.2, 0) is 16.6 Å². The number of aliphatic carboxylic acids is 2. The fourth-order valence-corrected chi connectivity index (χ4v) is 4.54. The lowest BCUT2D eigenvalue weighted by Gasteiger charge is -2.20. The highest BCUT2D eigenvalue weighted by Crippen LogP contribution is 2.68. The van der Waals surface area contributed by atoms with Crippen LogP contribution in [0.25, 0.3) is 10.9 Å². The quantitative estimate of drug-likeness (QED) is 0.842. The van der Waals surface area contributed by atoms with E-state index < -0.39 is 22.8 Å². The van der Waals surface area contributed by atoms with Crippen LogP contribution < -0.4 is 4.74 Å². The number of methoxy groups -OCH3 is 1. The van der Waals surface area contributed by atoms with Crippen molar-refractivity contribution < 1.29 is 29.3 Å². The van der Waals surface area contributed by atoms with E-state index in [9.17, 15) is 24.6 Å². The Kier molecular flexibility index (Phi) is 3.38. The van der Waals surface area contributed by atoms with Gasteiger partial charge in [0.05, 0.1) is 12.7 Å². The standard InChI is InChI=1S/C19H20N2O6/c1-10-14(12-6-11(27-3)4-5-13(12)20(10)2)15(22)21-8-18(16(23)24)7-19(18,9-21)17(25)26/h4-6H,7-9H2,1-3H3,(H,23,24)(H,25,26)/t18-,19+. The fourth-order valence-electron chi connectivity index (χ4n) is 4.54. The molecule has 0 bridgehead atoms. The van der Waals surface area contributed by atoms with Crippen molar-refractivity contribution >= 4 is 28.7 Å². The molecule has 1 aliphatic carbocycles. The second-order valence-electron chi connectivity index (χ2n) is 7.52. The average molecular weight is 372 g/mol. The first kappa shape index (κ1) is 17.4. The van der Waals surface area contributed by atoms with E-state index in [1.165, 1.54) is 4.90 Å². The molecule has 2 atom stereocenters. The summed E-state index contributed by atoms with van der Waals surface area (Å²) in [7, 11) is 3.39. The zero-order valence-electron chi connectivity index (χ0n) is 15.3. The second-order valence-corrected chi connectivity index (χ2v) is 7.52. The van der Waals surface area contributed by atoms with Gasteiger partial charge in [-0.15, -0.1) is 0 Å². The van der Waals surface area contributed by atoms with E-state index in [4.69, 9.17) is 4.74 Å². The minimum Gasteiger partial charge on any atom is -0.497 e. The van der Waals surface area contributed by atoms with E-state index in [1.807, 2.05) is 24.6 Å². The lowest BCUT2D eigenvalue weighted by molar-refractivity contribution is -0.151. The Labute approximate surface area is 154 Å². The topological polar surface area (TPSA) is 109 Å². The molecule has 8 nitrogen and oxygen atoms in total. The third kappa shape index (κ3) is 2.01. The highest BCUT2D eigenvalue weighted by Gasteiger charge is 2.81. The molecular formula is C19H20N2O6. The Balaban J connectivity index is 1.78. The number of fused-ring (bicyclic) bond motifs is 2. The third-order valence-electron chi connectivity index (χ3n) is 6.34. The number of rotatable bonds is 4. The molecule has 2 aromatic rings. The Morgan fingerprint density at radius 2 is 1.70 bits per heavy atom. The molecular weight excluding hydrogens is 352 g/mol. The molecule has 1 aromatic carbocycles. The molecule has 2 heterocycles. The molecule has 0 spiro atoms. The number of aryl methyl sites for hydroxylation is 1. The summed E-state index contributed by atoms with van der Waals surface area (Å²) in [5, 5.41) is 19.9. The smallest absolute Gasteiger partial charge is 0.312 e. The number of hydrogen-bond acceptors (Lipinski definition) is 4. The Hall–Kier alpha value is -3.03. The van der Waals surface area contributed by atoms with Crippen molar-refractivity contribution in [3.05, 3.63) is 29.5 Å². The molecule has 27 heavy (non-hydrogen) atoms. The molecule has 0 unspecified atom stereocenters. The molecule has 2 fully saturated rings. The molecule has 1 amide bonds. The number of carboxylic acid groups (broad SMARTS) is 2. The zero-order chi connectivity index (χ0) is 19.7. The first-order chi connectivity index (χ1) is 12.7. The van der Waals surface area contributed by atoms with E-state index >= 15 is 0 Å². The lowest BCUT2D eigenvalue weighted by Crippen LogP contribution is -2.34. The number of likely N-dealkylation sites (tertiary alicyclic amines) is 1. The summed E-state index contributed by atoms with van der Waals surface area (Å²) in [5.74, 6) is -2.05. The van der Waals surface area contributed by atoms with Gasteiger partial charge in [-0.1, -0.05) is 0 Å². The van der Waals surface area contributed by atoms with E-state index in [1.54, 1.807) is 19.2 Å². The van der Waals surface area contributed by atoms with Crippen molar-refractivity contribution in [3.8, 4) is 5.75 Å². The average Bonchev–Trinajstić information content (AvgIpc) is 3.08. The van der Waals surface area contributed by atoms with Crippen molar-refractivity contribution in [1.29, 1.82) is 0 Å². The van der Waals surface area contributed by atoms with E-state index in [0.717, 1.165) is 11.2 Å². The van der Waals surface area contributed by atoms with Crippen LogP contribution in [-0.4, -0.2) is 57.7 Å². The first-order valence-electron chi connectivity index (χ1n) is 8.57. The number of hydrogen-bond donors (Lipinski definition) is 2. The monoisotopic (exact) mass is 372 g/mol. The molecule has 1 aliphatic heterocycles. The van der Waals surface area contributed by atoms with Gasteiger partial charge in [0, 0.05) is 36.7 Å². The predicted molar refractivity (Wildman–Crippen MR) is 94.9 cm³/mol. The van der Waals surface area contributed by atoms with Crippen molar-refractivity contribution in [2.24, 2.45) is 17.9 Å². The summed E-state index contributed by atoms with van der Waals surface area (Å²) in [4.78, 5) is 38.1. The van der Waals surface area contributed by atoms with Gasteiger partial charge >= 0.3 is 11.9 Å². The molecule has 142 valence electrons. The maximum Gasteiger partial charge on any atom is 0.312 e. The highest BCUT2D eigenvalue weighted by atomic mass is 16.5. The van der Waals surface area contributed by atoms with Crippen molar-refractivity contribution in [1.82, 2.24) is 9.47 Å². The molecule has 1 saturated carbocycles. The number of piperidine rings is 1. The fraction of sp³-hybridized carbons (Fsp3) is 0.421. The Morgan fingerprint density at radius 3 is 2.22 bits per heavy atom. The van der Waals surface area contributed by atoms with Gasteiger partial charge in [-0.3, -0.25) is 14.4 Å². The van der Waals surface area contributed by atoms with Crippen LogP contribution in [0.3, 0.4) is 0 Å². The SMILES string of the molecule is COc1ccc2c(c1)c(C(=O)N1C[C@@]3(C(=O)O)C[C@@]3(C(=O)O)C1)c(C)n2C. The predicted octanol–water partition coefficient (Wildman–Crippen LogP) is 1.50. The zero-order valence-corrected chi connectivity index (χ0v) is 15.3. The van der Waals surface area contributed by atoms with E-state index in [2.05, 4.69) is 0 Å². The highest BCUT2D eigenvalue weighted by molar-refractivity contribution is 6.10. The third-order valence-corrected chi connectivity index (χ3v) is 6.34. The number of carbonyl (C=O) groups is 3. The van der Waals surface area contributed by atoms with Crippen molar-refractivity contribution in [3.63, 3.8) is 0 Å². The largest absolute Gasteiger partial charge is 0.497 e. The Bertz CT molecular complexity index is 997. The van der Waals surface area contributed by atoms with Crippen LogP contribution in [0.15, 0.2) is 18.2 Å². The van der Waals surface area contributed by atoms with Crippen molar-refractivity contribution in [2.45, 2.75) is 13.3 Å². The summed E-state index contributed by atoms with van der Waals surface area (Å²) in [6, 6.07) is 5.43. The van der Waals surface area contributed by atoms with Gasteiger partial charge in [0.15, 0.2) is 0 Å². The summed E-state index contributed by atoms with van der Waals surface area (Å²) in [6.45, 7) is 1.64. The van der Waals surface area contributed by atoms with Gasteiger partial charge < -0.3 is 24.4 Å². The maximum absolute atomic E-state index is 13.3. The van der Waals surface area contributed by atoms with Crippen LogP contribution in [0, 0.1) is 17.8 Å². The number of amides is 1. The van der Waals surface area contributed by atoms with Crippen LogP contribution in [0.1, 0.15) is 22.5 Å². The maximum atomic E-state index is 13.3. The number of benzene rings is 1. The Morgan fingerprint density at radius 1 is 1.11 bits per heavy atom. The van der Waals surface area contributed by atoms with Crippen LogP contribution >= 0.6 is 0 Å². The minimum absolute atomic E-state index is 0.0663. The molecule has 2 N–H and O–H groups in total. The van der Waals surface area contributed by atoms with Crippen LogP contribution in [0.4, 0.5) is 0 Å². The first-order valence-corrected chi connectivity index (χ1v) is 8.57. The molecule has 1 aromatic heterocycles. The lowest BCUT2D eigenvalue weighted by atomic mass is 9.97. The summed E-state index contributed by atoms with van der Waals surface area (Å²) < 4.78 is 7.15. The van der Waals surface area contributed by atoms with Crippen molar-refractivity contribution in [2.75, 3.05) is 20.2 Å².